The predicted octanol–water partition coefficient (Wildman–Crippen LogP) is -3.51. The zero-order valence-electron chi connectivity index (χ0n) is 14.7. The van der Waals surface area contributed by atoms with Crippen molar-refractivity contribution in [2.24, 2.45) is 4.99 Å². The molecule has 2 aliphatic heterocycles. The maximum absolute atomic E-state index is 11.1. The number of nitrogens with two attached hydrogens (primary N) is 2. The summed E-state index contributed by atoms with van der Waals surface area (Å²) in [5, 5.41) is 25.7. The molecule has 16 nitrogen and oxygen atoms in total. The van der Waals surface area contributed by atoms with Crippen LogP contribution in [0.25, 0.3) is 0 Å². The molecule has 0 saturated heterocycles. The van der Waals surface area contributed by atoms with Crippen LogP contribution >= 0.6 is 0 Å². The summed E-state index contributed by atoms with van der Waals surface area (Å²) in [6.45, 7) is 0. The molecule has 4 heterocycles. The number of aliphatic imine (C=N–C) groups is 1. The summed E-state index contributed by atoms with van der Waals surface area (Å²) < 4.78 is 11.9. The molecule has 0 spiro atoms. The van der Waals surface area contributed by atoms with Gasteiger partial charge in [-0.05, 0) is 0 Å². The zero-order chi connectivity index (χ0) is 20.3. The topological polar surface area (TPSA) is 270 Å². The lowest BCUT2D eigenvalue weighted by molar-refractivity contribution is 0.0734. The number of nitrogens with zero attached hydrogens (tertiary/aromatic N) is 7. The van der Waals surface area contributed by atoms with Crippen LogP contribution in [0.2, 0.25) is 0 Å². The molecule has 1 atom stereocenters. The maximum Gasteiger partial charge on any atom is 0.286 e. The summed E-state index contributed by atoms with van der Waals surface area (Å²) in [6, 6.07) is 0. The fraction of sp³-hybridized carbons (Fsp3) is 0.100. The summed E-state index contributed by atoms with van der Waals surface area (Å²) in [5.41, 5.74) is 9.99. The molecule has 0 fully saturated rings. The van der Waals surface area contributed by atoms with Gasteiger partial charge in [0.2, 0.25) is 41.3 Å². The number of hydrogen-bond donors (Lipinski definition) is 6. The molecule has 0 amide bonds. The molecule has 2 aromatic rings. The largest absolute Gasteiger partial charge is 0.870 e. The molecule has 4 rings (SSSR count). The van der Waals surface area contributed by atoms with Gasteiger partial charge in [0.25, 0.3) is 11.8 Å². The first-order valence-corrected chi connectivity index (χ1v) is 6.47. The fourth-order valence-corrected chi connectivity index (χ4v) is 1.95. The molecule has 0 saturated carbocycles. The van der Waals surface area contributed by atoms with Gasteiger partial charge in [0.05, 0.1) is 6.21 Å². The predicted molar refractivity (Wildman–Crippen MR) is 83.7 cm³/mol. The summed E-state index contributed by atoms with van der Waals surface area (Å²) in [5.74, 6) is -1.10. The van der Waals surface area contributed by atoms with E-state index in [-0.39, 0.29) is 46.4 Å². The Morgan fingerprint density at radius 2 is 1.92 bits per heavy atom. The molecule has 0 aromatic carbocycles. The van der Waals surface area contributed by atoms with Crippen molar-refractivity contribution < 1.29 is 23.1 Å². The lowest BCUT2D eigenvalue weighted by Crippen LogP contribution is -2.31. The molecule has 9 N–H and O–H groups in total. The Morgan fingerprint density at radius 1 is 1.23 bits per heavy atom. The third kappa shape index (κ3) is 2.99. The number of carbonyl (C=O) groups excluding carboxylic acids is 2. The van der Waals surface area contributed by atoms with Crippen LogP contribution < -0.4 is 28.0 Å². The van der Waals surface area contributed by atoms with E-state index in [0.29, 0.717) is 0 Å². The van der Waals surface area contributed by atoms with Crippen LogP contribution in [0.1, 0.15) is 12.6 Å². The van der Waals surface area contributed by atoms with Crippen molar-refractivity contribution in [3.63, 3.8) is 0 Å². The van der Waals surface area contributed by atoms with Crippen LogP contribution in [-0.4, -0.2) is 63.9 Å². The lowest BCUT2D eigenvalue weighted by atomic mass is 10.6. The second kappa shape index (κ2) is 6.45. The van der Waals surface area contributed by atoms with Crippen LogP contribution in [-0.2, 0) is 0 Å². The number of aliphatic hydroxyl groups is 1. The molecule has 0 radical (unpaired) electrons. The van der Waals surface area contributed by atoms with Crippen molar-refractivity contribution in [3.05, 3.63) is 11.2 Å². The minimum atomic E-state index is -1.37. The third-order valence-corrected chi connectivity index (χ3v) is 2.95. The Kier molecular flexibility index (Phi) is 4.17. The molecule has 26 heavy (non-hydrogen) atoms. The molecule has 0 aliphatic carbocycles. The van der Waals surface area contributed by atoms with Gasteiger partial charge in [-0.25, -0.2) is 14.1 Å². The van der Waals surface area contributed by atoms with Gasteiger partial charge in [0, 0.05) is 2.97 Å². The third-order valence-electron chi connectivity index (χ3n) is 2.95. The molecular formula is C10H13N12O4-. The fourth-order valence-electron chi connectivity index (χ4n) is 1.95. The number of aliphatic hydroxyl groups excluding tert-OH is 1. The Labute approximate surface area is 145 Å². The van der Waals surface area contributed by atoms with Crippen molar-refractivity contribution in [3.8, 4) is 0 Å². The van der Waals surface area contributed by atoms with Gasteiger partial charge in [-0.15, -0.1) is 0 Å². The Bertz CT molecular complexity index is 1060. The van der Waals surface area contributed by atoms with Crippen molar-refractivity contribution in [1.82, 2.24) is 29.1 Å². The summed E-state index contributed by atoms with van der Waals surface area (Å²) in [7, 11) is 0. The van der Waals surface area contributed by atoms with Crippen molar-refractivity contribution in [2.75, 3.05) is 16.8 Å². The average molecular weight is 368 g/mol. The monoisotopic (exact) mass is 368 g/mol. The maximum atomic E-state index is 11.1. The zero-order valence-corrected chi connectivity index (χ0v) is 12.7. The van der Waals surface area contributed by atoms with Crippen LogP contribution in [0, 0.1) is 10.8 Å². The van der Waals surface area contributed by atoms with Gasteiger partial charge >= 0.3 is 0 Å². The molecule has 1 unspecified atom stereocenters. The van der Waals surface area contributed by atoms with Gasteiger partial charge in [-0.3, -0.25) is 20.4 Å². The van der Waals surface area contributed by atoms with Crippen molar-refractivity contribution in [2.45, 2.75) is 6.23 Å². The number of anilines is 3. The normalized spacial score (nSPS) is 16.4. The van der Waals surface area contributed by atoms with E-state index in [4.69, 9.17) is 30.4 Å². The second-order valence-electron chi connectivity index (χ2n) is 4.59. The van der Waals surface area contributed by atoms with Crippen LogP contribution in [0.15, 0.2) is 4.99 Å². The van der Waals surface area contributed by atoms with E-state index in [1.54, 1.807) is 0 Å². The number of aromatic nitrogens is 6. The smallest absolute Gasteiger partial charge is 0.286 e. The number of hydrogen-bond acceptors (Lipinski definition) is 14. The van der Waals surface area contributed by atoms with E-state index in [9.17, 15) is 9.59 Å². The van der Waals surface area contributed by atoms with E-state index in [1.807, 2.05) is 0 Å². The Hall–Kier alpha value is -4.05. The second-order valence-corrected chi connectivity index (χ2v) is 4.59. The average Bonchev–Trinajstić information content (AvgIpc) is 3.10. The molecule has 16 heteroatoms. The number of carbonyl (C=O) groups is 2. The van der Waals surface area contributed by atoms with Gasteiger partial charge in [0.1, 0.15) is 0 Å². The molecule has 138 valence electrons. The quantitative estimate of drug-likeness (QED) is 0.265. The first kappa shape index (κ1) is 16.8. The highest BCUT2D eigenvalue weighted by Gasteiger charge is 2.29. The molecule has 2 aliphatic rings. The Morgan fingerprint density at radius 3 is 2.62 bits per heavy atom. The van der Waals surface area contributed by atoms with E-state index < -0.39 is 12.1 Å². The van der Waals surface area contributed by atoms with Gasteiger partial charge in [-0.1, -0.05) is 0 Å². The van der Waals surface area contributed by atoms with Gasteiger partial charge < -0.3 is 27.4 Å². The standard InChI is InChI=1S/C5H6N6O2.C5H4N6O.H2O.H2/c6-3-9-4(7)11-2(13)1(12)8-5(11)10-3;6-3-9-4(7)11-2(12)1-8-5(11)10-3;;/h1,12H,(H4,6,7,8,9,10);1H,(H3,6,7,9);1H2;1H/p-1/i;;;1+2D. The number of rotatable bonds is 0. The highest BCUT2D eigenvalue weighted by atomic mass is 16.3. The number of nitrogens with one attached hydrogen (secondary N) is 3. The SMILES string of the molecule is N=c1nc(N)n2c(n1)N=CC2=O.N=c1nc(N)nc2n1C(=O)C(O)N2.[2H][3H].[OH-]. The van der Waals surface area contributed by atoms with Gasteiger partial charge in [0.15, 0.2) is 0 Å². The van der Waals surface area contributed by atoms with Crippen molar-refractivity contribution >= 4 is 41.8 Å². The Balaban J connectivity index is 0.000000250. The van der Waals surface area contributed by atoms with Crippen LogP contribution in [0.4, 0.5) is 23.8 Å². The minimum Gasteiger partial charge on any atom is -0.870 e. The van der Waals surface area contributed by atoms with E-state index >= 15 is 0 Å². The van der Waals surface area contributed by atoms with Crippen LogP contribution in [0.3, 0.4) is 0 Å². The van der Waals surface area contributed by atoms with E-state index in [2.05, 4.69) is 30.2 Å². The molecule has 2 aromatic heterocycles. The molecule has 0 bridgehead atoms. The van der Waals surface area contributed by atoms with E-state index in [0.717, 1.165) is 15.3 Å². The van der Waals surface area contributed by atoms with Crippen LogP contribution in [0.5, 0.6) is 0 Å². The lowest BCUT2D eigenvalue weighted by Gasteiger charge is -2.00. The van der Waals surface area contributed by atoms with E-state index in [1.165, 1.54) is 0 Å². The van der Waals surface area contributed by atoms with Crippen molar-refractivity contribution in [1.29, 1.82) is 10.8 Å². The summed E-state index contributed by atoms with van der Waals surface area (Å²) in [6.07, 6.45) is -0.292. The number of fused-ring (bicyclic) bond motifs is 2. The highest BCUT2D eigenvalue weighted by molar-refractivity contribution is 6.31. The van der Waals surface area contributed by atoms with Gasteiger partial charge in [-0.2, -0.15) is 19.9 Å². The summed E-state index contributed by atoms with van der Waals surface area (Å²) in [4.78, 5) is 39.9. The number of nitrogen functional groups attached to an aromatic ring is 2. The summed E-state index contributed by atoms with van der Waals surface area (Å²) >= 11 is 0. The first-order chi connectivity index (χ1) is 12.8. The molecular weight excluding hydrogens is 352 g/mol. The minimum absolute atomic E-state index is 0. The highest BCUT2D eigenvalue weighted by Crippen LogP contribution is 2.13. The first-order valence-electron chi connectivity index (χ1n) is 7.47.